The molecule has 1 aliphatic carbocycles. The van der Waals surface area contributed by atoms with E-state index >= 15 is 0 Å². The third-order valence-electron chi connectivity index (χ3n) is 3.96. The first-order valence-electron chi connectivity index (χ1n) is 5.98. The van der Waals surface area contributed by atoms with Gasteiger partial charge in [0.2, 0.25) is 0 Å². The zero-order valence-electron chi connectivity index (χ0n) is 10.2. The van der Waals surface area contributed by atoms with E-state index in [0.717, 1.165) is 12.8 Å². The highest BCUT2D eigenvalue weighted by Crippen LogP contribution is 2.43. The molecule has 0 heterocycles. The molecule has 1 fully saturated rings. The largest absolute Gasteiger partial charge is 0.481 e. The topological polar surface area (TPSA) is 37.3 Å². The van der Waals surface area contributed by atoms with E-state index in [2.05, 4.69) is 0 Å². The molecule has 0 amide bonds. The van der Waals surface area contributed by atoms with Gasteiger partial charge in [0.15, 0.2) is 0 Å². The average Bonchev–Trinajstić information content (AvgIpc) is 2.76. The fourth-order valence-corrected chi connectivity index (χ4v) is 2.92. The number of halogens is 1. The van der Waals surface area contributed by atoms with Gasteiger partial charge in [0, 0.05) is 0 Å². The maximum absolute atomic E-state index is 13.9. The zero-order chi connectivity index (χ0) is 12.6. The fraction of sp³-hybridized carbons (Fsp3) is 0.500. The molecule has 0 spiro atoms. The van der Waals surface area contributed by atoms with Gasteiger partial charge >= 0.3 is 5.97 Å². The number of hydrogen-bond acceptors (Lipinski definition) is 1. The van der Waals surface area contributed by atoms with Crippen LogP contribution in [0.1, 0.15) is 42.4 Å². The number of aliphatic carboxylic acids is 1. The molecule has 1 N–H and O–H groups in total. The summed E-state index contributed by atoms with van der Waals surface area (Å²) >= 11 is 0. The molecule has 0 radical (unpaired) electrons. The number of carbonyl (C=O) groups is 1. The van der Waals surface area contributed by atoms with Crippen LogP contribution in [0.5, 0.6) is 0 Å². The van der Waals surface area contributed by atoms with Crippen molar-refractivity contribution in [1.82, 2.24) is 0 Å². The van der Waals surface area contributed by atoms with Crippen molar-refractivity contribution in [2.75, 3.05) is 0 Å². The van der Waals surface area contributed by atoms with Gasteiger partial charge in [0.05, 0.1) is 5.41 Å². The predicted octanol–water partition coefficient (Wildman–Crippen LogP) is 3.34. The highest BCUT2D eigenvalue weighted by molar-refractivity contribution is 5.82. The monoisotopic (exact) mass is 236 g/mol. The van der Waals surface area contributed by atoms with Crippen molar-refractivity contribution < 1.29 is 14.3 Å². The molecule has 17 heavy (non-hydrogen) atoms. The molecule has 1 aromatic rings. The second-order valence-corrected chi connectivity index (χ2v) is 4.96. The van der Waals surface area contributed by atoms with Crippen LogP contribution in [-0.4, -0.2) is 11.1 Å². The van der Waals surface area contributed by atoms with Gasteiger partial charge in [0.1, 0.15) is 5.82 Å². The summed E-state index contributed by atoms with van der Waals surface area (Å²) in [6.07, 6.45) is 3.04. The van der Waals surface area contributed by atoms with E-state index in [-0.39, 0.29) is 5.82 Å². The van der Waals surface area contributed by atoms with Gasteiger partial charge in [-0.2, -0.15) is 0 Å². The number of aryl methyl sites for hydroxylation is 1. The van der Waals surface area contributed by atoms with Crippen LogP contribution in [0.15, 0.2) is 12.1 Å². The van der Waals surface area contributed by atoms with E-state index in [1.807, 2.05) is 0 Å². The summed E-state index contributed by atoms with van der Waals surface area (Å²) < 4.78 is 13.9. The van der Waals surface area contributed by atoms with Gasteiger partial charge in [-0.1, -0.05) is 25.0 Å². The Hall–Kier alpha value is -1.38. The van der Waals surface area contributed by atoms with Gasteiger partial charge < -0.3 is 5.11 Å². The number of carboxylic acids is 1. The van der Waals surface area contributed by atoms with E-state index in [9.17, 15) is 14.3 Å². The molecule has 0 bridgehead atoms. The van der Waals surface area contributed by atoms with E-state index in [0.29, 0.717) is 29.5 Å². The first-order chi connectivity index (χ1) is 7.99. The summed E-state index contributed by atoms with van der Waals surface area (Å²) in [6.45, 7) is 3.38. The van der Waals surface area contributed by atoms with E-state index < -0.39 is 11.4 Å². The lowest BCUT2D eigenvalue weighted by molar-refractivity contribution is -0.143. The summed E-state index contributed by atoms with van der Waals surface area (Å²) in [5.74, 6) is -1.09. The summed E-state index contributed by atoms with van der Waals surface area (Å²) in [5.41, 5.74) is 0.864. The van der Waals surface area contributed by atoms with Gasteiger partial charge in [-0.15, -0.1) is 0 Å². The Morgan fingerprint density at radius 2 is 1.88 bits per heavy atom. The SMILES string of the molecule is Cc1ccc(C2(C(=O)O)CCCC2)c(C)c1F. The molecular formula is C14H17FO2. The van der Waals surface area contributed by atoms with Crippen LogP contribution in [0, 0.1) is 19.7 Å². The van der Waals surface area contributed by atoms with Crippen molar-refractivity contribution in [1.29, 1.82) is 0 Å². The van der Waals surface area contributed by atoms with Crippen LogP contribution < -0.4 is 0 Å². The maximum atomic E-state index is 13.9. The van der Waals surface area contributed by atoms with Crippen molar-refractivity contribution in [3.8, 4) is 0 Å². The van der Waals surface area contributed by atoms with Crippen LogP contribution in [0.3, 0.4) is 0 Å². The summed E-state index contributed by atoms with van der Waals surface area (Å²) in [6, 6.07) is 3.47. The number of carboxylic acid groups (broad SMARTS) is 1. The minimum absolute atomic E-state index is 0.268. The van der Waals surface area contributed by atoms with Gasteiger partial charge in [-0.25, -0.2) is 4.39 Å². The maximum Gasteiger partial charge on any atom is 0.314 e. The Morgan fingerprint density at radius 1 is 1.29 bits per heavy atom. The predicted molar refractivity (Wildman–Crippen MR) is 63.7 cm³/mol. The molecule has 0 aliphatic heterocycles. The van der Waals surface area contributed by atoms with Crippen LogP contribution in [0.4, 0.5) is 4.39 Å². The second-order valence-electron chi connectivity index (χ2n) is 4.96. The first kappa shape index (κ1) is 12.1. The van der Waals surface area contributed by atoms with Crippen molar-refractivity contribution in [2.24, 2.45) is 0 Å². The lowest BCUT2D eigenvalue weighted by Crippen LogP contribution is -2.33. The smallest absolute Gasteiger partial charge is 0.314 e. The van der Waals surface area contributed by atoms with Crippen molar-refractivity contribution >= 4 is 5.97 Å². The Bertz CT molecular complexity index is 460. The van der Waals surface area contributed by atoms with Crippen LogP contribution in [0.25, 0.3) is 0 Å². The summed E-state index contributed by atoms with van der Waals surface area (Å²) in [4.78, 5) is 11.5. The van der Waals surface area contributed by atoms with Gasteiger partial charge in [0.25, 0.3) is 0 Å². The summed E-state index contributed by atoms with van der Waals surface area (Å²) in [7, 11) is 0. The van der Waals surface area contributed by atoms with Crippen molar-refractivity contribution in [2.45, 2.75) is 44.9 Å². The lowest BCUT2D eigenvalue weighted by atomic mass is 9.76. The molecule has 1 aromatic carbocycles. The molecule has 1 saturated carbocycles. The fourth-order valence-electron chi connectivity index (χ4n) is 2.92. The summed E-state index contributed by atoms with van der Waals surface area (Å²) in [5, 5.41) is 9.48. The van der Waals surface area contributed by atoms with E-state index in [1.165, 1.54) is 0 Å². The lowest BCUT2D eigenvalue weighted by Gasteiger charge is -2.26. The quantitative estimate of drug-likeness (QED) is 0.855. The first-order valence-corrected chi connectivity index (χ1v) is 5.98. The standard InChI is InChI=1S/C14H17FO2/c1-9-5-6-11(10(2)12(9)15)14(13(16)17)7-3-4-8-14/h5-6H,3-4,7-8H2,1-2H3,(H,16,17). The molecule has 92 valence electrons. The highest BCUT2D eigenvalue weighted by atomic mass is 19.1. The number of rotatable bonds is 2. The normalized spacial score (nSPS) is 18.3. The molecule has 0 aromatic heterocycles. The molecule has 0 unspecified atom stereocenters. The Kier molecular flexibility index (Phi) is 2.94. The Morgan fingerprint density at radius 3 is 2.41 bits per heavy atom. The molecular weight excluding hydrogens is 219 g/mol. The van der Waals surface area contributed by atoms with E-state index in [4.69, 9.17) is 0 Å². The molecule has 0 saturated heterocycles. The Labute approximate surface area is 100 Å². The molecule has 0 atom stereocenters. The van der Waals surface area contributed by atoms with Crippen LogP contribution >= 0.6 is 0 Å². The van der Waals surface area contributed by atoms with E-state index in [1.54, 1.807) is 26.0 Å². The zero-order valence-corrected chi connectivity index (χ0v) is 10.2. The van der Waals surface area contributed by atoms with Crippen molar-refractivity contribution in [3.63, 3.8) is 0 Å². The third kappa shape index (κ3) is 1.74. The van der Waals surface area contributed by atoms with Gasteiger partial charge in [-0.05, 0) is 43.4 Å². The molecule has 2 rings (SSSR count). The minimum atomic E-state index is -0.862. The molecule has 1 aliphatic rings. The minimum Gasteiger partial charge on any atom is -0.481 e. The number of hydrogen-bond donors (Lipinski definition) is 1. The second kappa shape index (κ2) is 4.13. The highest BCUT2D eigenvalue weighted by Gasteiger charge is 2.44. The van der Waals surface area contributed by atoms with Gasteiger partial charge in [-0.3, -0.25) is 4.79 Å². The average molecular weight is 236 g/mol. The van der Waals surface area contributed by atoms with Crippen LogP contribution in [0.2, 0.25) is 0 Å². The molecule has 2 nitrogen and oxygen atoms in total. The van der Waals surface area contributed by atoms with Crippen molar-refractivity contribution in [3.05, 3.63) is 34.6 Å². The number of benzene rings is 1. The Balaban J connectivity index is 2.59. The molecule has 3 heteroatoms. The van der Waals surface area contributed by atoms with Crippen LogP contribution in [-0.2, 0) is 10.2 Å². The third-order valence-corrected chi connectivity index (χ3v) is 3.96.